The number of carbonyl (C=O) groups excluding carboxylic acids is 2. The quantitative estimate of drug-likeness (QED) is 0.329. The third kappa shape index (κ3) is 4.05. The largest absolute Gasteiger partial charge is 0.508 e. The predicted molar refractivity (Wildman–Crippen MR) is 85.6 cm³/mol. The van der Waals surface area contributed by atoms with Crippen LogP contribution in [0.25, 0.3) is 0 Å². The molecule has 1 aliphatic heterocycles. The summed E-state index contributed by atoms with van der Waals surface area (Å²) in [5.41, 5.74) is -0.565. The number of nitrogens with one attached hydrogen (secondary N) is 1. The van der Waals surface area contributed by atoms with Gasteiger partial charge in [-0.3, -0.25) is 14.9 Å². The number of para-hydroxylation sites is 1. The monoisotopic (exact) mass is 352 g/mol. The van der Waals surface area contributed by atoms with Crippen LogP contribution in [0.1, 0.15) is 25.8 Å². The van der Waals surface area contributed by atoms with Crippen molar-refractivity contribution >= 4 is 17.7 Å². The van der Waals surface area contributed by atoms with Gasteiger partial charge in [-0.1, -0.05) is 12.1 Å². The van der Waals surface area contributed by atoms with Crippen LogP contribution in [0.2, 0.25) is 0 Å². The van der Waals surface area contributed by atoms with E-state index >= 15 is 0 Å². The van der Waals surface area contributed by atoms with Crippen molar-refractivity contribution in [3.05, 3.63) is 39.9 Å². The second-order valence-electron chi connectivity index (χ2n) is 6.11. The highest BCUT2D eigenvalue weighted by Gasteiger charge is 2.53. The lowest BCUT2D eigenvalue weighted by Gasteiger charge is -2.48. The van der Waals surface area contributed by atoms with Crippen LogP contribution in [0.15, 0.2) is 24.3 Å². The number of nitro benzene ring substituents is 1. The van der Waals surface area contributed by atoms with Crippen molar-refractivity contribution in [2.45, 2.75) is 38.5 Å². The molecule has 2 unspecified atom stereocenters. The first-order valence-corrected chi connectivity index (χ1v) is 7.77. The molecule has 2 N–H and O–H groups in total. The van der Waals surface area contributed by atoms with E-state index in [0.717, 1.165) is 0 Å². The third-order valence-corrected chi connectivity index (χ3v) is 4.29. The number of ether oxygens (including phenoxy) is 2. The summed E-state index contributed by atoms with van der Waals surface area (Å²) < 4.78 is 10.0. The summed E-state index contributed by atoms with van der Waals surface area (Å²) in [6, 6.07) is 5.90. The zero-order valence-corrected chi connectivity index (χ0v) is 13.9. The zero-order valence-electron chi connectivity index (χ0n) is 13.9. The van der Waals surface area contributed by atoms with Crippen LogP contribution in [0.5, 0.6) is 0 Å². The van der Waals surface area contributed by atoms with Crippen LogP contribution in [0.4, 0.5) is 10.5 Å². The van der Waals surface area contributed by atoms with Gasteiger partial charge >= 0.3 is 6.16 Å². The Morgan fingerprint density at radius 1 is 1.48 bits per heavy atom. The van der Waals surface area contributed by atoms with Crippen LogP contribution < -0.4 is 5.32 Å². The fourth-order valence-electron chi connectivity index (χ4n) is 3.03. The molecule has 0 aromatic heterocycles. The molecule has 1 fully saturated rings. The maximum Gasteiger partial charge on any atom is 0.508 e. The molecule has 9 nitrogen and oxygen atoms in total. The Hall–Kier alpha value is -2.68. The molecule has 1 saturated heterocycles. The van der Waals surface area contributed by atoms with Gasteiger partial charge in [-0.05, 0) is 26.3 Å². The average molecular weight is 352 g/mol. The van der Waals surface area contributed by atoms with Gasteiger partial charge in [-0.2, -0.15) is 0 Å². The van der Waals surface area contributed by atoms with Gasteiger partial charge in [0.2, 0.25) is 5.91 Å². The zero-order chi connectivity index (χ0) is 18.6. The molecule has 1 aromatic carbocycles. The lowest BCUT2D eigenvalue weighted by Crippen LogP contribution is -2.71. The summed E-state index contributed by atoms with van der Waals surface area (Å²) in [6.45, 7) is 2.90. The Balaban J connectivity index is 1.92. The van der Waals surface area contributed by atoms with Gasteiger partial charge < -0.3 is 19.9 Å². The third-order valence-electron chi connectivity index (χ3n) is 4.29. The molecule has 0 bridgehead atoms. The fourth-order valence-corrected chi connectivity index (χ4v) is 3.03. The number of hydrogen-bond acceptors (Lipinski definition) is 7. The first-order chi connectivity index (χ1) is 11.8. The molecule has 2 rings (SSSR count). The van der Waals surface area contributed by atoms with Crippen molar-refractivity contribution in [3.8, 4) is 0 Å². The number of benzene rings is 1. The maximum absolute atomic E-state index is 11.8. The van der Waals surface area contributed by atoms with Crippen molar-refractivity contribution < 1.29 is 29.1 Å². The number of amides is 1. The number of aliphatic hydroxyl groups is 1. The molecule has 1 heterocycles. The topological polar surface area (TPSA) is 128 Å². The first-order valence-electron chi connectivity index (χ1n) is 7.77. The number of carbonyl (C=O) groups is 2. The molecule has 1 aromatic rings. The van der Waals surface area contributed by atoms with Crippen LogP contribution in [0.3, 0.4) is 0 Å². The molecular formula is C16H20N2O7. The molecule has 25 heavy (non-hydrogen) atoms. The number of hydrogen-bond donors (Lipinski definition) is 2. The minimum atomic E-state index is -1.02. The molecule has 0 spiro atoms. The van der Waals surface area contributed by atoms with Crippen molar-refractivity contribution in [3.63, 3.8) is 0 Å². The molecule has 1 amide bonds. The Morgan fingerprint density at radius 3 is 2.76 bits per heavy atom. The Kier molecular flexibility index (Phi) is 5.58. The summed E-state index contributed by atoms with van der Waals surface area (Å²) in [7, 11) is 0. The average Bonchev–Trinajstić information content (AvgIpc) is 2.52. The summed E-state index contributed by atoms with van der Waals surface area (Å²) in [6.07, 6.45) is -1.44. The van der Waals surface area contributed by atoms with E-state index in [-0.39, 0.29) is 30.4 Å². The molecule has 136 valence electrons. The molecule has 0 aliphatic carbocycles. The smallest absolute Gasteiger partial charge is 0.430 e. The summed E-state index contributed by atoms with van der Waals surface area (Å²) in [5, 5.41) is 22.7. The van der Waals surface area contributed by atoms with E-state index in [4.69, 9.17) is 14.6 Å². The van der Waals surface area contributed by atoms with Gasteiger partial charge in [0.15, 0.2) is 0 Å². The van der Waals surface area contributed by atoms with Gasteiger partial charge in [-0.25, -0.2) is 4.79 Å². The van der Waals surface area contributed by atoms with Crippen molar-refractivity contribution in [2.75, 3.05) is 6.61 Å². The van der Waals surface area contributed by atoms with Gasteiger partial charge in [0.25, 0.3) is 5.69 Å². The van der Waals surface area contributed by atoms with Crippen molar-refractivity contribution in [1.29, 1.82) is 0 Å². The van der Waals surface area contributed by atoms with E-state index in [0.29, 0.717) is 6.42 Å². The molecule has 9 heteroatoms. The highest BCUT2D eigenvalue weighted by atomic mass is 16.7. The molecule has 1 aliphatic rings. The van der Waals surface area contributed by atoms with Gasteiger partial charge in [-0.15, -0.1) is 0 Å². The SMILES string of the molecule is C[C@@H](OC(=O)OCc1ccccc1[N+](=O)[O-])C1C(=O)NC1(C)CCO. The minimum Gasteiger partial charge on any atom is -0.430 e. The highest BCUT2D eigenvalue weighted by Crippen LogP contribution is 2.34. The Labute approximate surface area is 144 Å². The Bertz CT molecular complexity index is 678. The van der Waals surface area contributed by atoms with E-state index in [1.807, 2.05) is 0 Å². The summed E-state index contributed by atoms with van der Waals surface area (Å²) in [5.74, 6) is -0.867. The van der Waals surface area contributed by atoms with E-state index in [1.54, 1.807) is 19.9 Å². The lowest BCUT2D eigenvalue weighted by molar-refractivity contribution is -0.385. The molecule has 0 radical (unpaired) electrons. The van der Waals surface area contributed by atoms with E-state index in [9.17, 15) is 19.7 Å². The molecular weight excluding hydrogens is 332 g/mol. The number of β-lactam (4-membered cyclic amide) rings is 1. The first kappa shape index (κ1) is 18.7. The predicted octanol–water partition coefficient (Wildman–Crippen LogP) is 1.52. The van der Waals surface area contributed by atoms with Gasteiger partial charge in [0.05, 0.1) is 21.9 Å². The number of nitrogens with zero attached hydrogens (tertiary/aromatic N) is 1. The number of nitro groups is 1. The molecule has 0 saturated carbocycles. The van der Waals surface area contributed by atoms with Gasteiger partial charge in [0, 0.05) is 12.7 Å². The summed E-state index contributed by atoms with van der Waals surface area (Å²) >= 11 is 0. The molecule has 3 atom stereocenters. The maximum atomic E-state index is 11.8. The second-order valence-corrected chi connectivity index (χ2v) is 6.11. The van der Waals surface area contributed by atoms with Crippen LogP contribution in [0, 0.1) is 16.0 Å². The standard InChI is InChI=1S/C16H20N2O7/c1-10(13-14(20)17-16(13,2)7-8-19)25-15(21)24-9-11-5-3-4-6-12(11)18(22)23/h3-6,10,13,19H,7-9H2,1-2H3,(H,17,20)/t10-,13?,16?/m1/s1. The van der Waals surface area contributed by atoms with Crippen LogP contribution >= 0.6 is 0 Å². The van der Waals surface area contributed by atoms with E-state index < -0.39 is 28.6 Å². The van der Waals surface area contributed by atoms with E-state index in [2.05, 4.69) is 5.32 Å². The summed E-state index contributed by atoms with van der Waals surface area (Å²) in [4.78, 5) is 33.9. The van der Waals surface area contributed by atoms with Crippen LogP contribution in [-0.4, -0.2) is 40.3 Å². The van der Waals surface area contributed by atoms with Crippen molar-refractivity contribution in [1.82, 2.24) is 5.32 Å². The van der Waals surface area contributed by atoms with Crippen molar-refractivity contribution in [2.24, 2.45) is 5.92 Å². The van der Waals surface area contributed by atoms with E-state index in [1.165, 1.54) is 18.2 Å². The Morgan fingerprint density at radius 2 is 2.16 bits per heavy atom. The van der Waals surface area contributed by atoms with Gasteiger partial charge in [0.1, 0.15) is 12.7 Å². The van der Waals surface area contributed by atoms with Crippen LogP contribution in [-0.2, 0) is 20.9 Å². The lowest BCUT2D eigenvalue weighted by atomic mass is 9.72. The fraction of sp³-hybridized carbons (Fsp3) is 0.500. The minimum absolute atomic E-state index is 0.109. The highest BCUT2D eigenvalue weighted by molar-refractivity contribution is 5.88. The second kappa shape index (κ2) is 7.47. The number of rotatable bonds is 7. The normalized spacial score (nSPS) is 23.2. The number of aliphatic hydroxyl groups excluding tert-OH is 1.